The van der Waals surface area contributed by atoms with Gasteiger partial charge in [-0.3, -0.25) is 19.7 Å². The van der Waals surface area contributed by atoms with Crippen LogP contribution >= 0.6 is 0 Å². The third-order valence-electron chi connectivity index (χ3n) is 6.28. The predicted octanol–water partition coefficient (Wildman–Crippen LogP) is 3.58. The Bertz CT molecular complexity index is 1260. The summed E-state index contributed by atoms with van der Waals surface area (Å²) in [5.74, 6) is 0.935. The van der Waals surface area contributed by atoms with Crippen molar-refractivity contribution in [2.24, 2.45) is 5.92 Å². The van der Waals surface area contributed by atoms with Crippen LogP contribution in [0, 0.1) is 23.0 Å². The molecule has 4 heterocycles. The fraction of sp³-hybridized carbons (Fsp3) is 0.304. The fourth-order valence-corrected chi connectivity index (χ4v) is 4.90. The molecule has 3 aromatic rings. The number of furan rings is 1. The largest absolute Gasteiger partial charge is 0.460 e. The molecular formula is C23H21N3O5. The quantitative estimate of drug-likeness (QED) is 0.477. The van der Waals surface area contributed by atoms with Crippen molar-refractivity contribution in [3.63, 3.8) is 0 Å². The summed E-state index contributed by atoms with van der Waals surface area (Å²) in [6, 6.07) is 13.2. The monoisotopic (exact) mass is 419 g/mol. The maximum atomic E-state index is 13.4. The molecule has 2 aliphatic rings. The lowest BCUT2D eigenvalue weighted by atomic mass is 9.83. The summed E-state index contributed by atoms with van der Waals surface area (Å²) >= 11 is 0. The van der Waals surface area contributed by atoms with Crippen LogP contribution in [0.15, 0.2) is 57.7 Å². The maximum absolute atomic E-state index is 13.4. The molecule has 5 rings (SSSR count). The maximum Gasteiger partial charge on any atom is 0.280 e. The number of hydrogen-bond donors (Lipinski definition) is 0. The van der Waals surface area contributed by atoms with Crippen LogP contribution in [0.4, 0.5) is 5.69 Å². The minimum Gasteiger partial charge on any atom is -0.460 e. The molecule has 0 N–H and O–H groups in total. The van der Waals surface area contributed by atoms with E-state index in [9.17, 15) is 19.7 Å². The molecule has 0 saturated carbocycles. The summed E-state index contributed by atoms with van der Waals surface area (Å²) in [6.45, 7) is 3.41. The molecule has 0 spiro atoms. The van der Waals surface area contributed by atoms with Crippen LogP contribution in [0.2, 0.25) is 0 Å². The molecule has 1 saturated heterocycles. The number of hydrogen-bond acceptors (Lipinski definition) is 5. The van der Waals surface area contributed by atoms with E-state index in [1.807, 2.05) is 15.5 Å². The number of piperidine rings is 1. The summed E-state index contributed by atoms with van der Waals surface area (Å²) in [4.78, 5) is 38.3. The predicted molar refractivity (Wildman–Crippen MR) is 113 cm³/mol. The Kier molecular flexibility index (Phi) is 4.50. The second kappa shape index (κ2) is 7.23. The fourth-order valence-electron chi connectivity index (χ4n) is 4.90. The van der Waals surface area contributed by atoms with E-state index in [2.05, 4.69) is 0 Å². The van der Waals surface area contributed by atoms with Crippen molar-refractivity contribution in [3.8, 4) is 11.3 Å². The van der Waals surface area contributed by atoms with E-state index in [1.54, 1.807) is 43.3 Å². The normalized spacial score (nSPS) is 19.7. The molecule has 1 fully saturated rings. The van der Waals surface area contributed by atoms with Crippen LogP contribution in [0.1, 0.15) is 34.2 Å². The number of para-hydroxylation sites is 1. The molecule has 2 aliphatic heterocycles. The van der Waals surface area contributed by atoms with E-state index >= 15 is 0 Å². The van der Waals surface area contributed by atoms with Gasteiger partial charge >= 0.3 is 0 Å². The zero-order chi connectivity index (χ0) is 21.7. The number of likely N-dealkylation sites (tertiary alicyclic amines) is 1. The van der Waals surface area contributed by atoms with Gasteiger partial charge in [-0.2, -0.15) is 0 Å². The Morgan fingerprint density at radius 2 is 1.94 bits per heavy atom. The van der Waals surface area contributed by atoms with Crippen molar-refractivity contribution in [3.05, 3.63) is 86.0 Å². The second-order valence-electron chi connectivity index (χ2n) is 8.26. The SMILES string of the molecule is Cc1oc(-c2ccccc2[N+](=O)[O-])cc1C(=O)N1CC2CC(C1)c1cccc(=O)n1C2. The van der Waals surface area contributed by atoms with E-state index in [1.165, 1.54) is 6.07 Å². The molecule has 0 aliphatic carbocycles. The number of nitrogens with zero attached hydrogens (tertiary/aromatic N) is 3. The zero-order valence-electron chi connectivity index (χ0n) is 17.0. The van der Waals surface area contributed by atoms with Crippen molar-refractivity contribution >= 4 is 11.6 Å². The van der Waals surface area contributed by atoms with E-state index in [0.717, 1.165) is 12.1 Å². The summed E-state index contributed by atoms with van der Waals surface area (Å²) in [6.07, 6.45) is 0.957. The number of benzene rings is 1. The van der Waals surface area contributed by atoms with Crippen LogP contribution < -0.4 is 5.56 Å². The molecule has 0 radical (unpaired) electrons. The Morgan fingerprint density at radius 1 is 1.13 bits per heavy atom. The smallest absolute Gasteiger partial charge is 0.280 e. The minimum absolute atomic E-state index is 0.00625. The molecule has 2 atom stereocenters. The van der Waals surface area contributed by atoms with E-state index in [4.69, 9.17) is 4.42 Å². The van der Waals surface area contributed by atoms with Crippen LogP contribution in [0.3, 0.4) is 0 Å². The molecule has 2 aromatic heterocycles. The molecule has 2 bridgehead atoms. The number of pyridine rings is 1. The average Bonchev–Trinajstić information content (AvgIpc) is 3.15. The number of nitro benzene ring substituents is 1. The highest BCUT2D eigenvalue weighted by Crippen LogP contribution is 2.37. The summed E-state index contributed by atoms with van der Waals surface area (Å²) in [5, 5.41) is 11.4. The van der Waals surface area contributed by atoms with Gasteiger partial charge < -0.3 is 13.9 Å². The molecule has 8 nitrogen and oxygen atoms in total. The highest BCUT2D eigenvalue weighted by Gasteiger charge is 2.37. The third-order valence-corrected chi connectivity index (χ3v) is 6.28. The first-order chi connectivity index (χ1) is 14.9. The van der Waals surface area contributed by atoms with Gasteiger partial charge in [-0.1, -0.05) is 18.2 Å². The third kappa shape index (κ3) is 3.24. The van der Waals surface area contributed by atoms with Gasteiger partial charge in [-0.25, -0.2) is 0 Å². The van der Waals surface area contributed by atoms with Crippen LogP contribution in [-0.4, -0.2) is 33.4 Å². The van der Waals surface area contributed by atoms with Gasteiger partial charge in [-0.15, -0.1) is 0 Å². The van der Waals surface area contributed by atoms with Gasteiger partial charge in [0.25, 0.3) is 17.2 Å². The van der Waals surface area contributed by atoms with Gasteiger partial charge in [-0.05, 0) is 37.5 Å². The molecule has 1 amide bonds. The van der Waals surface area contributed by atoms with Gasteiger partial charge in [0.2, 0.25) is 0 Å². The van der Waals surface area contributed by atoms with Crippen molar-refractivity contribution < 1.29 is 14.1 Å². The number of rotatable bonds is 3. The molecule has 8 heteroatoms. The van der Waals surface area contributed by atoms with Gasteiger partial charge in [0, 0.05) is 43.4 Å². The minimum atomic E-state index is -0.458. The highest BCUT2D eigenvalue weighted by molar-refractivity contribution is 5.96. The lowest BCUT2D eigenvalue weighted by Gasteiger charge is -2.42. The Hall–Kier alpha value is -3.68. The van der Waals surface area contributed by atoms with Crippen LogP contribution in [-0.2, 0) is 6.54 Å². The molecule has 31 heavy (non-hydrogen) atoms. The van der Waals surface area contributed by atoms with E-state index in [0.29, 0.717) is 42.3 Å². The number of carbonyl (C=O) groups excluding carboxylic acids is 1. The molecule has 158 valence electrons. The number of aryl methyl sites for hydroxylation is 1. The molecule has 2 unspecified atom stereocenters. The highest BCUT2D eigenvalue weighted by atomic mass is 16.6. The van der Waals surface area contributed by atoms with Crippen molar-refractivity contribution in [2.75, 3.05) is 13.1 Å². The van der Waals surface area contributed by atoms with Gasteiger partial charge in [0.05, 0.1) is 16.1 Å². The molecular weight excluding hydrogens is 398 g/mol. The van der Waals surface area contributed by atoms with Crippen LogP contribution in [0.25, 0.3) is 11.3 Å². The van der Waals surface area contributed by atoms with E-state index in [-0.39, 0.29) is 29.0 Å². The van der Waals surface area contributed by atoms with Gasteiger partial charge in [0.15, 0.2) is 0 Å². The average molecular weight is 419 g/mol. The number of amides is 1. The van der Waals surface area contributed by atoms with Crippen molar-refractivity contribution in [1.29, 1.82) is 0 Å². The number of carbonyl (C=O) groups is 1. The topological polar surface area (TPSA) is 98.6 Å². The lowest BCUT2D eigenvalue weighted by molar-refractivity contribution is -0.384. The first-order valence-electron chi connectivity index (χ1n) is 10.3. The Morgan fingerprint density at radius 3 is 2.74 bits per heavy atom. The van der Waals surface area contributed by atoms with Gasteiger partial charge in [0.1, 0.15) is 11.5 Å². The summed E-state index contributed by atoms with van der Waals surface area (Å²) in [5.41, 5.74) is 1.68. The number of aromatic nitrogens is 1. The summed E-state index contributed by atoms with van der Waals surface area (Å²) < 4.78 is 7.60. The summed E-state index contributed by atoms with van der Waals surface area (Å²) in [7, 11) is 0. The first-order valence-corrected chi connectivity index (χ1v) is 10.3. The Labute approximate surface area is 177 Å². The van der Waals surface area contributed by atoms with E-state index < -0.39 is 4.92 Å². The van der Waals surface area contributed by atoms with Crippen molar-refractivity contribution in [2.45, 2.75) is 25.8 Å². The Balaban J connectivity index is 1.45. The zero-order valence-corrected chi connectivity index (χ0v) is 17.0. The standard InChI is InChI=1S/C23H21N3O5/c1-14-18(10-21(31-14)17-5-2-3-6-20(17)26(29)30)23(28)24-11-15-9-16(13-24)19-7-4-8-22(27)25(19)12-15/h2-8,10,15-16H,9,11-13H2,1H3. The lowest BCUT2D eigenvalue weighted by Crippen LogP contribution is -2.49. The van der Waals surface area contributed by atoms with Crippen LogP contribution in [0.5, 0.6) is 0 Å². The molecule has 1 aromatic carbocycles. The van der Waals surface area contributed by atoms with Crippen molar-refractivity contribution in [1.82, 2.24) is 9.47 Å². The number of nitro groups is 1. The number of fused-ring (bicyclic) bond motifs is 4. The second-order valence-corrected chi connectivity index (χ2v) is 8.26. The first kappa shape index (κ1) is 19.3.